The number of rotatable bonds is 5. The molecular weight excluding hydrogens is 338 g/mol. The number of benzene rings is 1. The van der Waals surface area contributed by atoms with Gasteiger partial charge in [-0.2, -0.15) is 0 Å². The molecular formula is C18H22ClN5O. The molecule has 2 aromatic rings. The Labute approximate surface area is 152 Å². The minimum atomic E-state index is -0.133. The van der Waals surface area contributed by atoms with E-state index in [4.69, 9.17) is 11.6 Å². The molecule has 3 rings (SSSR count). The molecule has 1 fully saturated rings. The Bertz CT molecular complexity index is 672. The maximum absolute atomic E-state index is 11.9. The molecule has 1 aromatic carbocycles. The van der Waals surface area contributed by atoms with Gasteiger partial charge in [0.1, 0.15) is 5.82 Å². The van der Waals surface area contributed by atoms with Crippen LogP contribution in [-0.2, 0) is 6.54 Å². The standard InChI is InChI=1S/C18H22ClN5O/c19-16-3-1-14(2-4-16)11-22-18(25)23-12-15-5-9-24(10-6-15)17-13-20-7-8-21-17/h1-4,7-8,13,15H,5-6,9-12H2,(H2,22,23,25). The second-order valence-electron chi connectivity index (χ2n) is 6.18. The molecule has 0 aliphatic carbocycles. The van der Waals surface area contributed by atoms with E-state index in [9.17, 15) is 4.79 Å². The average molecular weight is 360 g/mol. The first kappa shape index (κ1) is 17.5. The first-order valence-corrected chi connectivity index (χ1v) is 8.85. The molecule has 7 heteroatoms. The van der Waals surface area contributed by atoms with Crippen LogP contribution < -0.4 is 15.5 Å². The average Bonchev–Trinajstić information content (AvgIpc) is 2.67. The monoisotopic (exact) mass is 359 g/mol. The summed E-state index contributed by atoms with van der Waals surface area (Å²) in [4.78, 5) is 22.6. The molecule has 0 unspecified atom stereocenters. The fourth-order valence-corrected chi connectivity index (χ4v) is 3.03. The highest BCUT2D eigenvalue weighted by molar-refractivity contribution is 6.30. The number of amides is 2. The normalized spacial score (nSPS) is 15.0. The fraction of sp³-hybridized carbons (Fsp3) is 0.389. The molecule has 132 valence electrons. The minimum Gasteiger partial charge on any atom is -0.355 e. The molecule has 0 radical (unpaired) electrons. The van der Waals surface area contributed by atoms with Crippen molar-refractivity contribution in [3.8, 4) is 0 Å². The number of hydrogen-bond acceptors (Lipinski definition) is 4. The van der Waals surface area contributed by atoms with Crippen molar-refractivity contribution in [2.24, 2.45) is 5.92 Å². The third-order valence-electron chi connectivity index (χ3n) is 4.41. The van der Waals surface area contributed by atoms with Gasteiger partial charge in [-0.3, -0.25) is 4.98 Å². The fourth-order valence-electron chi connectivity index (χ4n) is 2.90. The van der Waals surface area contributed by atoms with Crippen LogP contribution in [0.3, 0.4) is 0 Å². The van der Waals surface area contributed by atoms with Crippen LogP contribution in [0.25, 0.3) is 0 Å². The first-order valence-electron chi connectivity index (χ1n) is 8.48. The number of carbonyl (C=O) groups excluding carboxylic acids is 1. The van der Waals surface area contributed by atoms with Crippen molar-refractivity contribution in [3.05, 3.63) is 53.4 Å². The number of hydrogen-bond donors (Lipinski definition) is 2. The van der Waals surface area contributed by atoms with E-state index in [1.54, 1.807) is 18.6 Å². The zero-order valence-corrected chi connectivity index (χ0v) is 14.7. The van der Waals surface area contributed by atoms with E-state index in [2.05, 4.69) is 25.5 Å². The zero-order valence-electron chi connectivity index (χ0n) is 14.0. The number of piperidine rings is 1. The Morgan fingerprint density at radius 2 is 1.92 bits per heavy atom. The Balaban J connectivity index is 1.35. The van der Waals surface area contributed by atoms with Gasteiger partial charge in [-0.25, -0.2) is 9.78 Å². The quantitative estimate of drug-likeness (QED) is 0.861. The van der Waals surface area contributed by atoms with E-state index in [-0.39, 0.29) is 6.03 Å². The summed E-state index contributed by atoms with van der Waals surface area (Å²) in [7, 11) is 0. The van der Waals surface area contributed by atoms with E-state index in [0.717, 1.165) is 37.3 Å². The van der Waals surface area contributed by atoms with Crippen LogP contribution in [0, 0.1) is 5.92 Å². The van der Waals surface area contributed by atoms with Crippen molar-refractivity contribution < 1.29 is 4.79 Å². The van der Waals surface area contributed by atoms with E-state index < -0.39 is 0 Å². The topological polar surface area (TPSA) is 70.2 Å². The number of urea groups is 1. The van der Waals surface area contributed by atoms with Gasteiger partial charge in [-0.05, 0) is 36.5 Å². The minimum absolute atomic E-state index is 0.133. The molecule has 6 nitrogen and oxygen atoms in total. The molecule has 0 bridgehead atoms. The van der Waals surface area contributed by atoms with Crippen molar-refractivity contribution in [2.75, 3.05) is 24.5 Å². The van der Waals surface area contributed by atoms with Gasteiger partial charge in [0.05, 0.1) is 6.20 Å². The summed E-state index contributed by atoms with van der Waals surface area (Å²) < 4.78 is 0. The highest BCUT2D eigenvalue weighted by atomic mass is 35.5. The summed E-state index contributed by atoms with van der Waals surface area (Å²) in [6, 6.07) is 7.32. The maximum Gasteiger partial charge on any atom is 0.315 e. The smallest absolute Gasteiger partial charge is 0.315 e. The summed E-state index contributed by atoms with van der Waals surface area (Å²) in [5.74, 6) is 1.42. The predicted molar refractivity (Wildman–Crippen MR) is 98.7 cm³/mol. The summed E-state index contributed by atoms with van der Waals surface area (Å²) in [6.45, 7) is 3.07. The molecule has 1 aliphatic rings. The lowest BCUT2D eigenvalue weighted by Crippen LogP contribution is -2.42. The lowest BCUT2D eigenvalue weighted by molar-refractivity contribution is 0.237. The number of carbonyl (C=O) groups is 1. The van der Waals surface area contributed by atoms with Crippen LogP contribution in [0.5, 0.6) is 0 Å². The van der Waals surface area contributed by atoms with Gasteiger partial charge in [0.25, 0.3) is 0 Å². The number of nitrogens with zero attached hydrogens (tertiary/aromatic N) is 3. The molecule has 2 amide bonds. The van der Waals surface area contributed by atoms with E-state index in [0.29, 0.717) is 24.0 Å². The maximum atomic E-state index is 11.9. The third kappa shape index (κ3) is 5.32. The van der Waals surface area contributed by atoms with Crippen LogP contribution in [0.4, 0.5) is 10.6 Å². The van der Waals surface area contributed by atoms with Crippen LogP contribution >= 0.6 is 11.6 Å². The van der Waals surface area contributed by atoms with Gasteiger partial charge in [-0.15, -0.1) is 0 Å². The highest BCUT2D eigenvalue weighted by Crippen LogP contribution is 2.20. The van der Waals surface area contributed by atoms with E-state index >= 15 is 0 Å². The summed E-state index contributed by atoms with van der Waals surface area (Å²) >= 11 is 5.85. The largest absolute Gasteiger partial charge is 0.355 e. The number of anilines is 1. The zero-order chi connectivity index (χ0) is 17.5. The Morgan fingerprint density at radius 3 is 2.60 bits per heavy atom. The molecule has 2 heterocycles. The lowest BCUT2D eigenvalue weighted by atomic mass is 9.97. The number of aromatic nitrogens is 2. The van der Waals surface area contributed by atoms with Crippen molar-refractivity contribution in [1.82, 2.24) is 20.6 Å². The van der Waals surface area contributed by atoms with Crippen LogP contribution in [0.1, 0.15) is 18.4 Å². The molecule has 0 saturated carbocycles. The van der Waals surface area contributed by atoms with Crippen molar-refractivity contribution >= 4 is 23.4 Å². The second kappa shape index (κ2) is 8.67. The molecule has 2 N–H and O–H groups in total. The van der Waals surface area contributed by atoms with Gasteiger partial charge in [0.15, 0.2) is 0 Å². The van der Waals surface area contributed by atoms with Crippen LogP contribution in [0.15, 0.2) is 42.9 Å². The molecule has 1 aliphatic heterocycles. The second-order valence-corrected chi connectivity index (χ2v) is 6.62. The van der Waals surface area contributed by atoms with Gasteiger partial charge in [0.2, 0.25) is 0 Å². The lowest BCUT2D eigenvalue weighted by Gasteiger charge is -2.32. The Morgan fingerprint density at radius 1 is 1.16 bits per heavy atom. The SMILES string of the molecule is O=C(NCc1ccc(Cl)cc1)NCC1CCN(c2cnccn2)CC1. The van der Waals surface area contributed by atoms with Gasteiger partial charge in [-0.1, -0.05) is 23.7 Å². The third-order valence-corrected chi connectivity index (χ3v) is 4.66. The van der Waals surface area contributed by atoms with Crippen molar-refractivity contribution in [1.29, 1.82) is 0 Å². The van der Waals surface area contributed by atoms with Crippen molar-refractivity contribution in [3.63, 3.8) is 0 Å². The summed E-state index contributed by atoms with van der Waals surface area (Å²) in [6.07, 6.45) is 7.27. The van der Waals surface area contributed by atoms with Gasteiger partial charge < -0.3 is 15.5 Å². The molecule has 0 spiro atoms. The van der Waals surface area contributed by atoms with E-state index in [1.807, 2.05) is 24.3 Å². The number of halogens is 1. The highest BCUT2D eigenvalue weighted by Gasteiger charge is 2.20. The van der Waals surface area contributed by atoms with E-state index in [1.165, 1.54) is 0 Å². The summed E-state index contributed by atoms with van der Waals surface area (Å²) in [5.41, 5.74) is 1.02. The summed E-state index contributed by atoms with van der Waals surface area (Å²) in [5, 5.41) is 6.53. The predicted octanol–water partition coefficient (Wildman–Crippen LogP) is 2.85. The molecule has 25 heavy (non-hydrogen) atoms. The van der Waals surface area contributed by atoms with Gasteiger partial charge in [0, 0.05) is 43.6 Å². The first-order chi connectivity index (χ1) is 12.2. The number of nitrogens with one attached hydrogen (secondary N) is 2. The molecule has 1 aromatic heterocycles. The Hall–Kier alpha value is -2.34. The molecule has 0 atom stereocenters. The van der Waals surface area contributed by atoms with Crippen LogP contribution in [0.2, 0.25) is 5.02 Å². The van der Waals surface area contributed by atoms with Crippen LogP contribution in [-0.4, -0.2) is 35.6 Å². The van der Waals surface area contributed by atoms with Crippen molar-refractivity contribution in [2.45, 2.75) is 19.4 Å². The molecule has 1 saturated heterocycles. The van der Waals surface area contributed by atoms with Gasteiger partial charge >= 0.3 is 6.03 Å². The Kier molecular flexibility index (Phi) is 6.06.